The first kappa shape index (κ1) is 14.1. The van der Waals surface area contributed by atoms with E-state index in [0.29, 0.717) is 11.0 Å². The maximum atomic E-state index is 11.0. The summed E-state index contributed by atoms with van der Waals surface area (Å²) < 4.78 is 5.30. The molecular weight excluding hydrogens is 341 g/mol. The van der Waals surface area contributed by atoms with E-state index in [1.165, 1.54) is 0 Å². The predicted octanol–water partition coefficient (Wildman–Crippen LogP) is 3.38. The van der Waals surface area contributed by atoms with Crippen LogP contribution < -0.4 is 0 Å². The molecule has 0 spiro atoms. The van der Waals surface area contributed by atoms with Crippen molar-refractivity contribution in [3.8, 4) is 0 Å². The fourth-order valence-corrected chi connectivity index (χ4v) is 3.94. The Labute approximate surface area is 93.9 Å². The van der Waals surface area contributed by atoms with Crippen molar-refractivity contribution in [3.63, 3.8) is 0 Å². The number of hydrogen-bond acceptors (Lipinski definition) is 2. The quantitative estimate of drug-likeness (QED) is 0.415. The molecule has 0 N–H and O–H groups in total. The molecular formula is C7H13Cl3O2Sn. The molecule has 0 unspecified atom stereocenters. The molecule has 13 heavy (non-hydrogen) atoms. The van der Waals surface area contributed by atoms with E-state index in [2.05, 4.69) is 0 Å². The van der Waals surface area contributed by atoms with Gasteiger partial charge in [0.1, 0.15) is 0 Å². The Kier molecular flexibility index (Phi) is 8.08. The minimum atomic E-state index is -3.31. The number of carbonyl (C=O) groups excluding carboxylic acids is 1. The molecule has 0 rings (SSSR count). The Balaban J connectivity index is 3.41. The summed E-state index contributed by atoms with van der Waals surface area (Å²) in [6.07, 6.45) is 2.15. The van der Waals surface area contributed by atoms with Crippen LogP contribution in [0.5, 0.6) is 0 Å². The Bertz CT molecular complexity index is 158. The summed E-state index contributed by atoms with van der Waals surface area (Å²) in [6.45, 7) is 2.51. The molecule has 0 aliphatic heterocycles. The molecule has 78 valence electrons. The fraction of sp³-hybridized carbons (Fsp3) is 0.857. The molecule has 0 aliphatic rings. The van der Waals surface area contributed by atoms with E-state index in [-0.39, 0.29) is 12.4 Å². The van der Waals surface area contributed by atoms with Crippen LogP contribution in [-0.4, -0.2) is 27.6 Å². The summed E-state index contributed by atoms with van der Waals surface area (Å²) in [5.41, 5.74) is 0. The van der Waals surface area contributed by atoms with Crippen LogP contribution in [0.2, 0.25) is 4.44 Å². The number of rotatable bonds is 6. The van der Waals surface area contributed by atoms with Crippen LogP contribution in [0.15, 0.2) is 0 Å². The van der Waals surface area contributed by atoms with E-state index in [1.807, 2.05) is 6.92 Å². The van der Waals surface area contributed by atoms with E-state index < -0.39 is 15.0 Å². The summed E-state index contributed by atoms with van der Waals surface area (Å²) in [6, 6.07) is 0. The molecule has 0 aliphatic carbocycles. The van der Waals surface area contributed by atoms with E-state index in [0.717, 1.165) is 12.8 Å². The SMILES string of the molecule is CCCCOC(=O)C[CH2][Sn]([Cl])([Cl])[Cl]. The number of unbranched alkanes of at least 4 members (excludes halogenated alkanes) is 1. The third-order valence-corrected chi connectivity index (χ3v) is 7.51. The van der Waals surface area contributed by atoms with Crippen LogP contribution >= 0.6 is 26.8 Å². The standard InChI is InChI=1S/C7H13O2.3ClH.Sn/c1-3-5-6-9-7(8)4-2;;;;/h2-6H2,1H3;3*1H;/q;;;;+3/p-3. The van der Waals surface area contributed by atoms with Crippen LogP contribution in [-0.2, 0) is 9.53 Å². The second-order valence-corrected chi connectivity index (χ2v) is 24.5. The number of ether oxygens (including phenoxy) is 1. The van der Waals surface area contributed by atoms with Crippen LogP contribution in [0.1, 0.15) is 26.2 Å². The van der Waals surface area contributed by atoms with Crippen molar-refractivity contribution in [2.75, 3.05) is 6.61 Å². The second kappa shape index (κ2) is 7.43. The molecule has 0 aromatic carbocycles. The van der Waals surface area contributed by atoms with Crippen molar-refractivity contribution in [1.29, 1.82) is 0 Å². The van der Waals surface area contributed by atoms with Crippen LogP contribution in [0.25, 0.3) is 0 Å². The number of carbonyl (C=O) groups is 1. The molecule has 0 saturated carbocycles. The average molecular weight is 354 g/mol. The third kappa shape index (κ3) is 11.1. The molecule has 0 atom stereocenters. The van der Waals surface area contributed by atoms with E-state index in [4.69, 9.17) is 31.5 Å². The van der Waals surface area contributed by atoms with Crippen LogP contribution in [0, 0.1) is 0 Å². The molecule has 0 fully saturated rings. The number of halogens is 3. The van der Waals surface area contributed by atoms with E-state index in [9.17, 15) is 4.79 Å². The van der Waals surface area contributed by atoms with Gasteiger partial charge in [0.25, 0.3) is 0 Å². The van der Waals surface area contributed by atoms with E-state index >= 15 is 0 Å². The van der Waals surface area contributed by atoms with Gasteiger partial charge in [0, 0.05) is 0 Å². The number of esters is 1. The third-order valence-electron chi connectivity index (χ3n) is 1.37. The molecule has 0 saturated heterocycles. The summed E-state index contributed by atoms with van der Waals surface area (Å²) in [5, 5.41) is 0. The molecule has 0 aromatic rings. The predicted molar refractivity (Wildman–Crippen MR) is 58.6 cm³/mol. The Morgan fingerprint density at radius 1 is 1.38 bits per heavy atom. The van der Waals surface area contributed by atoms with Crippen molar-refractivity contribution >= 4 is 47.7 Å². The van der Waals surface area contributed by atoms with Gasteiger partial charge in [-0.2, -0.15) is 0 Å². The van der Waals surface area contributed by atoms with Crippen molar-refractivity contribution in [1.82, 2.24) is 0 Å². The van der Waals surface area contributed by atoms with Gasteiger partial charge in [0.2, 0.25) is 0 Å². The van der Waals surface area contributed by atoms with Crippen molar-refractivity contribution in [2.24, 2.45) is 0 Å². The van der Waals surface area contributed by atoms with Gasteiger partial charge in [-0.1, -0.05) is 0 Å². The second-order valence-electron chi connectivity index (χ2n) is 2.69. The normalized spacial score (nSPS) is 11.4. The topological polar surface area (TPSA) is 26.3 Å². The summed E-state index contributed by atoms with van der Waals surface area (Å²) in [5.74, 6) is -0.253. The van der Waals surface area contributed by atoms with Crippen molar-refractivity contribution < 1.29 is 9.53 Å². The van der Waals surface area contributed by atoms with Gasteiger partial charge >= 0.3 is 94.5 Å². The van der Waals surface area contributed by atoms with Gasteiger partial charge < -0.3 is 0 Å². The van der Waals surface area contributed by atoms with Gasteiger partial charge in [-0.05, 0) is 0 Å². The Hall–Kier alpha value is 1.14. The monoisotopic (exact) mass is 354 g/mol. The Morgan fingerprint density at radius 3 is 2.46 bits per heavy atom. The van der Waals surface area contributed by atoms with Crippen molar-refractivity contribution in [3.05, 3.63) is 0 Å². The summed E-state index contributed by atoms with van der Waals surface area (Å²) in [7, 11) is 17.0. The summed E-state index contributed by atoms with van der Waals surface area (Å²) >= 11 is -3.31. The maximum absolute atomic E-state index is 11.0. The zero-order valence-corrected chi connectivity index (χ0v) is 12.6. The van der Waals surface area contributed by atoms with Crippen molar-refractivity contribution in [2.45, 2.75) is 30.6 Å². The van der Waals surface area contributed by atoms with Gasteiger partial charge in [0.05, 0.1) is 0 Å². The van der Waals surface area contributed by atoms with E-state index in [1.54, 1.807) is 0 Å². The average Bonchev–Trinajstić information content (AvgIpc) is 2.00. The Morgan fingerprint density at radius 2 is 2.00 bits per heavy atom. The molecule has 0 amide bonds. The van der Waals surface area contributed by atoms with Gasteiger partial charge in [-0.25, -0.2) is 0 Å². The zero-order valence-electron chi connectivity index (χ0n) is 7.49. The molecule has 0 bridgehead atoms. The van der Waals surface area contributed by atoms with Gasteiger partial charge in [-0.15, -0.1) is 0 Å². The molecule has 0 aromatic heterocycles. The van der Waals surface area contributed by atoms with Gasteiger partial charge in [0.15, 0.2) is 0 Å². The molecule has 0 heterocycles. The van der Waals surface area contributed by atoms with Crippen LogP contribution in [0.4, 0.5) is 0 Å². The van der Waals surface area contributed by atoms with Gasteiger partial charge in [-0.3, -0.25) is 0 Å². The van der Waals surface area contributed by atoms with Crippen LogP contribution in [0.3, 0.4) is 0 Å². The first-order valence-electron chi connectivity index (χ1n) is 4.18. The minimum absolute atomic E-state index is 0.246. The molecule has 2 nitrogen and oxygen atoms in total. The first-order chi connectivity index (χ1) is 5.95. The number of hydrogen-bond donors (Lipinski definition) is 0. The first-order valence-corrected chi connectivity index (χ1v) is 17.0. The molecule has 0 radical (unpaired) electrons. The fourth-order valence-electron chi connectivity index (χ4n) is 0.646. The summed E-state index contributed by atoms with van der Waals surface area (Å²) in [4.78, 5) is 11.0. The molecule has 6 heteroatoms. The zero-order chi connectivity index (χ0) is 10.3.